The van der Waals surface area contributed by atoms with Crippen LogP contribution in [0.5, 0.6) is 5.75 Å². The first-order valence-electron chi connectivity index (χ1n) is 7.38. The lowest BCUT2D eigenvalue weighted by atomic mass is 9.87. The van der Waals surface area contributed by atoms with Crippen LogP contribution in [0.1, 0.15) is 56.6 Å². The SMILES string of the molecule is O[C@H]1CC(C2CCCCCC2)Oc2ccc(Br)cc21. The van der Waals surface area contributed by atoms with Gasteiger partial charge in [-0.05, 0) is 37.0 Å². The minimum Gasteiger partial charge on any atom is -0.490 e. The summed E-state index contributed by atoms with van der Waals surface area (Å²) in [7, 11) is 0. The van der Waals surface area contributed by atoms with Crippen molar-refractivity contribution in [2.45, 2.75) is 57.2 Å². The maximum atomic E-state index is 10.4. The molecule has 1 aliphatic heterocycles. The average Bonchev–Trinajstić information content (AvgIpc) is 2.68. The predicted molar refractivity (Wildman–Crippen MR) is 79.3 cm³/mol. The van der Waals surface area contributed by atoms with Gasteiger partial charge in [-0.2, -0.15) is 0 Å². The zero-order valence-electron chi connectivity index (χ0n) is 11.1. The smallest absolute Gasteiger partial charge is 0.125 e. The summed E-state index contributed by atoms with van der Waals surface area (Å²) >= 11 is 3.45. The molecule has 0 amide bonds. The van der Waals surface area contributed by atoms with Crippen LogP contribution in [0, 0.1) is 5.92 Å². The van der Waals surface area contributed by atoms with E-state index >= 15 is 0 Å². The quantitative estimate of drug-likeness (QED) is 0.765. The minimum absolute atomic E-state index is 0.196. The van der Waals surface area contributed by atoms with E-state index < -0.39 is 0 Å². The minimum atomic E-state index is -0.380. The molecule has 1 saturated carbocycles. The summed E-state index contributed by atoms with van der Waals surface area (Å²) in [6, 6.07) is 5.94. The summed E-state index contributed by atoms with van der Waals surface area (Å²) in [6.07, 6.45) is 8.41. The fourth-order valence-corrected chi connectivity index (χ4v) is 3.80. The normalized spacial score (nSPS) is 28.3. The molecule has 1 aromatic rings. The van der Waals surface area contributed by atoms with Gasteiger partial charge in [-0.15, -0.1) is 0 Å². The second-order valence-corrected chi connectivity index (χ2v) is 6.76. The molecule has 0 saturated heterocycles. The van der Waals surface area contributed by atoms with Crippen LogP contribution in [0.3, 0.4) is 0 Å². The van der Waals surface area contributed by atoms with Crippen molar-refractivity contribution in [3.8, 4) is 5.75 Å². The third-order valence-electron chi connectivity index (χ3n) is 4.49. The molecule has 19 heavy (non-hydrogen) atoms. The third kappa shape index (κ3) is 2.97. The zero-order valence-corrected chi connectivity index (χ0v) is 12.7. The second kappa shape index (κ2) is 5.84. The van der Waals surface area contributed by atoms with Gasteiger partial charge >= 0.3 is 0 Å². The highest BCUT2D eigenvalue weighted by molar-refractivity contribution is 9.10. The number of aliphatic hydroxyl groups excluding tert-OH is 1. The Morgan fingerprint density at radius 2 is 1.84 bits per heavy atom. The van der Waals surface area contributed by atoms with Gasteiger partial charge in [-0.1, -0.05) is 41.6 Å². The number of ether oxygens (including phenoxy) is 1. The standard InChI is InChI=1S/C16H21BrO2/c17-12-7-8-15-13(9-12)14(18)10-16(19-15)11-5-3-1-2-4-6-11/h7-9,11,14,16,18H,1-6,10H2/t14-,16?/m0/s1. The molecule has 2 nitrogen and oxygen atoms in total. The number of rotatable bonds is 1. The van der Waals surface area contributed by atoms with E-state index in [1.807, 2.05) is 18.2 Å². The van der Waals surface area contributed by atoms with Gasteiger partial charge in [-0.3, -0.25) is 0 Å². The average molecular weight is 325 g/mol. The van der Waals surface area contributed by atoms with E-state index in [9.17, 15) is 5.11 Å². The number of hydrogen-bond donors (Lipinski definition) is 1. The van der Waals surface area contributed by atoms with Gasteiger partial charge in [0.1, 0.15) is 11.9 Å². The molecule has 3 heteroatoms. The Bertz CT molecular complexity index is 438. The van der Waals surface area contributed by atoms with Gasteiger partial charge in [0.2, 0.25) is 0 Å². The first kappa shape index (κ1) is 13.4. The molecule has 0 aromatic heterocycles. The Hall–Kier alpha value is -0.540. The monoisotopic (exact) mass is 324 g/mol. The fraction of sp³-hybridized carbons (Fsp3) is 0.625. The molecule has 1 fully saturated rings. The Morgan fingerprint density at radius 3 is 2.58 bits per heavy atom. The van der Waals surface area contributed by atoms with Crippen LogP contribution in [0.4, 0.5) is 0 Å². The van der Waals surface area contributed by atoms with Crippen molar-refractivity contribution in [3.05, 3.63) is 28.2 Å². The Morgan fingerprint density at radius 1 is 1.11 bits per heavy atom. The van der Waals surface area contributed by atoms with E-state index in [4.69, 9.17) is 4.74 Å². The van der Waals surface area contributed by atoms with Gasteiger partial charge in [-0.25, -0.2) is 0 Å². The van der Waals surface area contributed by atoms with E-state index in [0.29, 0.717) is 5.92 Å². The zero-order chi connectivity index (χ0) is 13.2. The highest BCUT2D eigenvalue weighted by atomic mass is 79.9. The highest BCUT2D eigenvalue weighted by Gasteiger charge is 2.32. The lowest BCUT2D eigenvalue weighted by Gasteiger charge is -2.34. The van der Waals surface area contributed by atoms with E-state index in [1.165, 1.54) is 38.5 Å². The number of benzene rings is 1. The fourth-order valence-electron chi connectivity index (χ4n) is 3.42. The van der Waals surface area contributed by atoms with Crippen LogP contribution < -0.4 is 4.74 Å². The topological polar surface area (TPSA) is 29.5 Å². The Kier molecular flexibility index (Phi) is 4.13. The molecule has 1 aromatic carbocycles. The molecular weight excluding hydrogens is 304 g/mol. The Balaban J connectivity index is 1.78. The summed E-state index contributed by atoms with van der Waals surface area (Å²) in [5.74, 6) is 1.49. The maximum absolute atomic E-state index is 10.4. The van der Waals surface area contributed by atoms with Crippen molar-refractivity contribution in [1.29, 1.82) is 0 Å². The van der Waals surface area contributed by atoms with Crippen molar-refractivity contribution < 1.29 is 9.84 Å². The molecule has 1 unspecified atom stereocenters. The molecule has 3 rings (SSSR count). The summed E-state index contributed by atoms with van der Waals surface area (Å²) in [6.45, 7) is 0. The van der Waals surface area contributed by atoms with E-state index in [0.717, 1.165) is 22.2 Å². The first-order chi connectivity index (χ1) is 9.24. The Labute approximate surface area is 123 Å². The molecule has 0 bridgehead atoms. The van der Waals surface area contributed by atoms with Crippen molar-refractivity contribution in [2.75, 3.05) is 0 Å². The predicted octanol–water partition coefficient (Wildman–Crippen LogP) is 4.60. The number of halogens is 1. The second-order valence-electron chi connectivity index (χ2n) is 5.84. The van der Waals surface area contributed by atoms with Crippen molar-refractivity contribution in [1.82, 2.24) is 0 Å². The van der Waals surface area contributed by atoms with Gasteiger partial charge in [0.15, 0.2) is 0 Å². The first-order valence-corrected chi connectivity index (χ1v) is 8.17. The third-order valence-corrected chi connectivity index (χ3v) is 4.98. The summed E-state index contributed by atoms with van der Waals surface area (Å²) in [5.41, 5.74) is 0.930. The number of aliphatic hydroxyl groups is 1. The molecule has 0 spiro atoms. The van der Waals surface area contributed by atoms with Gasteiger partial charge in [0, 0.05) is 16.5 Å². The van der Waals surface area contributed by atoms with Gasteiger partial charge in [0.25, 0.3) is 0 Å². The van der Waals surface area contributed by atoms with Crippen LogP contribution >= 0.6 is 15.9 Å². The molecule has 0 radical (unpaired) electrons. The van der Waals surface area contributed by atoms with Crippen molar-refractivity contribution in [2.24, 2.45) is 5.92 Å². The largest absolute Gasteiger partial charge is 0.490 e. The van der Waals surface area contributed by atoms with Gasteiger partial charge in [0.05, 0.1) is 6.10 Å². The van der Waals surface area contributed by atoms with Crippen LogP contribution in [0.2, 0.25) is 0 Å². The number of hydrogen-bond acceptors (Lipinski definition) is 2. The molecular formula is C16H21BrO2. The van der Waals surface area contributed by atoms with E-state index in [1.54, 1.807) is 0 Å². The molecule has 2 aliphatic rings. The molecule has 1 heterocycles. The molecule has 1 N–H and O–H groups in total. The highest BCUT2D eigenvalue weighted by Crippen LogP contribution is 2.40. The maximum Gasteiger partial charge on any atom is 0.125 e. The molecule has 104 valence electrons. The summed E-state index contributed by atoms with van der Waals surface area (Å²) < 4.78 is 7.17. The molecule has 2 atom stereocenters. The van der Waals surface area contributed by atoms with Crippen LogP contribution in [-0.2, 0) is 0 Å². The van der Waals surface area contributed by atoms with Gasteiger partial charge < -0.3 is 9.84 Å². The van der Waals surface area contributed by atoms with E-state index in [2.05, 4.69) is 15.9 Å². The van der Waals surface area contributed by atoms with Crippen molar-refractivity contribution >= 4 is 15.9 Å². The summed E-state index contributed by atoms with van der Waals surface area (Å²) in [5, 5.41) is 10.4. The summed E-state index contributed by atoms with van der Waals surface area (Å²) in [4.78, 5) is 0. The van der Waals surface area contributed by atoms with Crippen LogP contribution in [0.15, 0.2) is 22.7 Å². The lowest BCUT2D eigenvalue weighted by molar-refractivity contribution is 0.0296. The lowest BCUT2D eigenvalue weighted by Crippen LogP contribution is -2.32. The van der Waals surface area contributed by atoms with E-state index in [-0.39, 0.29) is 12.2 Å². The van der Waals surface area contributed by atoms with Crippen molar-refractivity contribution in [3.63, 3.8) is 0 Å². The van der Waals surface area contributed by atoms with Crippen LogP contribution in [0.25, 0.3) is 0 Å². The number of fused-ring (bicyclic) bond motifs is 1. The molecule has 1 aliphatic carbocycles. The van der Waals surface area contributed by atoms with Crippen LogP contribution in [-0.4, -0.2) is 11.2 Å².